The molecule has 0 spiro atoms. The van der Waals surface area contributed by atoms with Gasteiger partial charge in [0, 0.05) is 26.1 Å². The van der Waals surface area contributed by atoms with E-state index in [4.69, 9.17) is 11.1 Å². The third kappa shape index (κ3) is 5.32. The lowest BCUT2D eigenvalue weighted by atomic mass is 10.0. The fourth-order valence-corrected chi connectivity index (χ4v) is 3.50. The molecule has 1 aliphatic heterocycles. The third-order valence-corrected chi connectivity index (χ3v) is 4.70. The van der Waals surface area contributed by atoms with E-state index in [1.807, 2.05) is 0 Å². The van der Waals surface area contributed by atoms with Crippen LogP contribution >= 0.6 is 0 Å². The van der Waals surface area contributed by atoms with Crippen molar-refractivity contribution in [2.45, 2.75) is 39.0 Å². The van der Waals surface area contributed by atoms with Gasteiger partial charge in [0.1, 0.15) is 0 Å². The van der Waals surface area contributed by atoms with Gasteiger partial charge in [0.25, 0.3) is 10.2 Å². The number of rotatable bonds is 7. The highest BCUT2D eigenvalue weighted by molar-refractivity contribution is 7.87. The Kier molecular flexibility index (Phi) is 6.04. The molecule has 106 valence electrons. The SMILES string of the molecule is CC1CCCN(S(=O)(=O)NCCCCC(=N)N)C1. The predicted molar refractivity (Wildman–Crippen MR) is 72.7 cm³/mol. The van der Waals surface area contributed by atoms with Crippen molar-refractivity contribution in [2.24, 2.45) is 11.7 Å². The molecule has 0 bridgehead atoms. The molecule has 1 rings (SSSR count). The minimum Gasteiger partial charge on any atom is -0.388 e. The summed E-state index contributed by atoms with van der Waals surface area (Å²) < 4.78 is 28.1. The second-order valence-electron chi connectivity index (χ2n) is 4.99. The third-order valence-electron chi connectivity index (χ3n) is 3.12. The molecule has 4 N–H and O–H groups in total. The summed E-state index contributed by atoms with van der Waals surface area (Å²) in [5.74, 6) is 0.593. The lowest BCUT2D eigenvalue weighted by Crippen LogP contribution is -2.45. The Morgan fingerprint density at radius 1 is 1.50 bits per heavy atom. The van der Waals surface area contributed by atoms with Crippen molar-refractivity contribution in [3.8, 4) is 0 Å². The van der Waals surface area contributed by atoms with Crippen LogP contribution in [0.15, 0.2) is 0 Å². The van der Waals surface area contributed by atoms with Gasteiger partial charge in [0.15, 0.2) is 0 Å². The van der Waals surface area contributed by atoms with Crippen molar-refractivity contribution >= 4 is 16.0 Å². The van der Waals surface area contributed by atoms with Gasteiger partial charge >= 0.3 is 0 Å². The molecule has 1 heterocycles. The molecule has 0 amide bonds. The van der Waals surface area contributed by atoms with Crippen molar-refractivity contribution in [1.29, 1.82) is 5.41 Å². The van der Waals surface area contributed by atoms with Crippen LogP contribution in [-0.4, -0.2) is 38.2 Å². The molecule has 1 unspecified atom stereocenters. The lowest BCUT2D eigenvalue weighted by Gasteiger charge is -2.29. The van der Waals surface area contributed by atoms with E-state index in [2.05, 4.69) is 11.6 Å². The zero-order valence-electron chi connectivity index (χ0n) is 11.0. The van der Waals surface area contributed by atoms with E-state index in [1.54, 1.807) is 0 Å². The first-order valence-corrected chi connectivity index (χ1v) is 7.93. The van der Waals surface area contributed by atoms with Crippen molar-refractivity contribution < 1.29 is 8.42 Å². The molecular formula is C11H24N4O2S. The van der Waals surface area contributed by atoms with Crippen LogP contribution in [0.4, 0.5) is 0 Å². The van der Waals surface area contributed by atoms with Crippen LogP contribution in [0.2, 0.25) is 0 Å². The minimum atomic E-state index is -3.32. The smallest absolute Gasteiger partial charge is 0.279 e. The summed E-state index contributed by atoms with van der Waals surface area (Å²) in [7, 11) is -3.32. The van der Waals surface area contributed by atoms with Gasteiger partial charge < -0.3 is 5.73 Å². The molecule has 18 heavy (non-hydrogen) atoms. The van der Waals surface area contributed by atoms with Crippen LogP contribution in [0.3, 0.4) is 0 Å². The summed E-state index contributed by atoms with van der Waals surface area (Å²) in [6.45, 7) is 3.73. The molecule has 0 radical (unpaired) electrons. The van der Waals surface area contributed by atoms with Gasteiger partial charge in [0.05, 0.1) is 5.84 Å². The normalized spacial score (nSPS) is 21.9. The zero-order chi connectivity index (χ0) is 13.6. The average molecular weight is 276 g/mol. The summed E-state index contributed by atoms with van der Waals surface area (Å²) in [4.78, 5) is 0. The molecule has 1 saturated heterocycles. The molecule has 0 aromatic rings. The topological polar surface area (TPSA) is 99.3 Å². The Hall–Kier alpha value is -0.660. The number of unbranched alkanes of at least 4 members (excludes halogenated alkanes) is 1. The average Bonchev–Trinajstić information content (AvgIpc) is 2.28. The first-order valence-electron chi connectivity index (χ1n) is 6.49. The van der Waals surface area contributed by atoms with Crippen molar-refractivity contribution in [3.05, 3.63) is 0 Å². The molecule has 7 heteroatoms. The van der Waals surface area contributed by atoms with E-state index < -0.39 is 10.2 Å². The van der Waals surface area contributed by atoms with Gasteiger partial charge in [-0.05, 0) is 31.6 Å². The molecule has 1 aliphatic rings. The van der Waals surface area contributed by atoms with Crippen LogP contribution < -0.4 is 10.5 Å². The standard InChI is InChI=1S/C11H24N4O2S/c1-10-5-4-8-15(9-10)18(16,17)14-7-3-2-6-11(12)13/h10,14H,2-9H2,1H3,(H3,12,13). The largest absolute Gasteiger partial charge is 0.388 e. The predicted octanol–water partition coefficient (Wildman–Crippen LogP) is 0.659. The fourth-order valence-electron chi connectivity index (χ4n) is 2.10. The minimum absolute atomic E-state index is 0.155. The van der Waals surface area contributed by atoms with Gasteiger partial charge in [-0.3, -0.25) is 5.41 Å². The maximum absolute atomic E-state index is 12.0. The van der Waals surface area contributed by atoms with Crippen molar-refractivity contribution in [1.82, 2.24) is 9.03 Å². The van der Waals surface area contributed by atoms with Gasteiger partial charge in [-0.15, -0.1) is 0 Å². The number of amidine groups is 1. The zero-order valence-corrected chi connectivity index (χ0v) is 11.8. The first kappa shape index (κ1) is 15.4. The Bertz CT molecular complexity index is 369. The summed E-state index contributed by atoms with van der Waals surface area (Å²) in [5.41, 5.74) is 5.23. The number of nitrogens with zero attached hydrogens (tertiary/aromatic N) is 1. The molecule has 1 fully saturated rings. The van der Waals surface area contributed by atoms with Crippen molar-refractivity contribution in [2.75, 3.05) is 19.6 Å². The van der Waals surface area contributed by atoms with Crippen LogP contribution in [0.1, 0.15) is 39.0 Å². The van der Waals surface area contributed by atoms with Crippen molar-refractivity contribution in [3.63, 3.8) is 0 Å². The van der Waals surface area contributed by atoms with Crippen LogP contribution in [0, 0.1) is 11.3 Å². The monoisotopic (exact) mass is 276 g/mol. The van der Waals surface area contributed by atoms with Gasteiger partial charge in [-0.25, -0.2) is 4.72 Å². The molecule has 6 nitrogen and oxygen atoms in total. The second kappa shape index (κ2) is 7.06. The molecular weight excluding hydrogens is 252 g/mol. The maximum Gasteiger partial charge on any atom is 0.279 e. The quantitative estimate of drug-likeness (QED) is 0.362. The first-order chi connectivity index (χ1) is 8.42. The van der Waals surface area contributed by atoms with Crippen LogP contribution in [-0.2, 0) is 10.2 Å². The number of hydrogen-bond donors (Lipinski definition) is 3. The second-order valence-corrected chi connectivity index (χ2v) is 6.74. The highest BCUT2D eigenvalue weighted by Gasteiger charge is 2.26. The highest BCUT2D eigenvalue weighted by atomic mass is 32.2. The molecule has 0 aromatic carbocycles. The van der Waals surface area contributed by atoms with E-state index in [-0.39, 0.29) is 5.84 Å². The van der Waals surface area contributed by atoms with Gasteiger partial charge in [-0.1, -0.05) is 6.92 Å². The summed E-state index contributed by atoms with van der Waals surface area (Å²) in [5, 5.41) is 7.07. The Morgan fingerprint density at radius 3 is 2.83 bits per heavy atom. The molecule has 0 saturated carbocycles. The molecule has 0 aromatic heterocycles. The van der Waals surface area contributed by atoms with E-state index in [9.17, 15) is 8.42 Å². The summed E-state index contributed by atoms with van der Waals surface area (Å²) in [6, 6.07) is 0. The fraction of sp³-hybridized carbons (Fsp3) is 0.909. The van der Waals surface area contributed by atoms with E-state index in [1.165, 1.54) is 4.31 Å². The van der Waals surface area contributed by atoms with Gasteiger partial charge in [0.2, 0.25) is 0 Å². The lowest BCUT2D eigenvalue weighted by molar-refractivity contribution is 0.278. The van der Waals surface area contributed by atoms with Gasteiger partial charge in [-0.2, -0.15) is 12.7 Å². The molecule has 1 atom stereocenters. The number of piperidine rings is 1. The van der Waals surface area contributed by atoms with E-state index in [0.717, 1.165) is 19.3 Å². The number of hydrogen-bond acceptors (Lipinski definition) is 3. The number of nitrogens with one attached hydrogen (secondary N) is 2. The highest BCUT2D eigenvalue weighted by Crippen LogP contribution is 2.17. The van der Waals surface area contributed by atoms with E-state index >= 15 is 0 Å². The number of nitrogens with two attached hydrogens (primary N) is 1. The van der Waals surface area contributed by atoms with Crippen LogP contribution in [0.25, 0.3) is 0 Å². The van der Waals surface area contributed by atoms with Crippen LogP contribution in [0.5, 0.6) is 0 Å². The summed E-state index contributed by atoms with van der Waals surface area (Å²) in [6.07, 6.45) is 4.02. The summed E-state index contributed by atoms with van der Waals surface area (Å²) >= 11 is 0. The Labute approximate surface area is 110 Å². The maximum atomic E-state index is 12.0. The van der Waals surface area contributed by atoms with E-state index in [0.29, 0.717) is 38.4 Å². The Morgan fingerprint density at radius 2 is 2.22 bits per heavy atom. The Balaban J connectivity index is 2.28. The molecule has 0 aliphatic carbocycles.